The Hall–Kier alpha value is -0.930. The van der Waals surface area contributed by atoms with Crippen molar-refractivity contribution >= 4 is 17.3 Å². The van der Waals surface area contributed by atoms with E-state index in [0.29, 0.717) is 5.02 Å². The van der Waals surface area contributed by atoms with Gasteiger partial charge in [-0.1, -0.05) is 11.6 Å². The third kappa shape index (κ3) is 1.21. The van der Waals surface area contributed by atoms with E-state index in [1.165, 1.54) is 0 Å². The topological polar surface area (TPSA) is 33.3 Å². The molecule has 0 spiro atoms. The van der Waals surface area contributed by atoms with E-state index in [9.17, 15) is 0 Å². The monoisotopic (exact) mass is 184 g/mol. The molecule has 0 aliphatic carbocycles. The largest absolute Gasteiger partial charge is 0.455 e. The minimum Gasteiger partial charge on any atom is -0.455 e. The second kappa shape index (κ2) is 2.84. The van der Waals surface area contributed by atoms with Gasteiger partial charge in [-0.2, -0.15) is 0 Å². The molecule has 1 heterocycles. The molecular weight excluding hydrogens is 176 g/mol. The van der Waals surface area contributed by atoms with Crippen LogP contribution in [0.1, 0.15) is 0 Å². The SMILES string of the molecule is CNC1Nc2cc(Cl)ccc2O1. The maximum Gasteiger partial charge on any atom is 0.227 e. The van der Waals surface area contributed by atoms with Crippen LogP contribution in [0, 0.1) is 0 Å². The van der Waals surface area contributed by atoms with E-state index in [-0.39, 0.29) is 6.35 Å². The number of halogens is 1. The predicted molar refractivity (Wildman–Crippen MR) is 48.6 cm³/mol. The van der Waals surface area contributed by atoms with Crippen LogP contribution >= 0.6 is 11.6 Å². The number of rotatable bonds is 1. The summed E-state index contributed by atoms with van der Waals surface area (Å²) < 4.78 is 5.43. The van der Waals surface area contributed by atoms with Gasteiger partial charge in [0.25, 0.3) is 0 Å². The van der Waals surface area contributed by atoms with Crippen molar-refractivity contribution in [1.29, 1.82) is 0 Å². The van der Waals surface area contributed by atoms with Gasteiger partial charge < -0.3 is 10.1 Å². The zero-order chi connectivity index (χ0) is 8.55. The Labute approximate surface area is 75.7 Å². The molecular formula is C8H9ClN2O. The molecule has 1 aliphatic rings. The fourth-order valence-corrected chi connectivity index (χ4v) is 1.32. The van der Waals surface area contributed by atoms with Crippen LogP contribution in [0.4, 0.5) is 5.69 Å². The number of fused-ring (bicyclic) bond motifs is 1. The van der Waals surface area contributed by atoms with Crippen LogP contribution in [0.15, 0.2) is 18.2 Å². The van der Waals surface area contributed by atoms with Gasteiger partial charge in [0, 0.05) is 5.02 Å². The minimum atomic E-state index is -0.140. The van der Waals surface area contributed by atoms with Crippen molar-refractivity contribution in [3.05, 3.63) is 23.2 Å². The molecule has 1 atom stereocenters. The number of nitrogens with one attached hydrogen (secondary N) is 2. The van der Waals surface area contributed by atoms with Crippen molar-refractivity contribution in [2.45, 2.75) is 6.35 Å². The Bertz CT molecular complexity index is 303. The quantitative estimate of drug-likeness (QED) is 0.697. The first-order chi connectivity index (χ1) is 5.79. The zero-order valence-electron chi connectivity index (χ0n) is 6.60. The lowest BCUT2D eigenvalue weighted by molar-refractivity contribution is 0.224. The summed E-state index contributed by atoms with van der Waals surface area (Å²) in [6, 6.07) is 5.50. The van der Waals surface area contributed by atoms with Gasteiger partial charge in [0.15, 0.2) is 0 Å². The number of ether oxygens (including phenoxy) is 1. The van der Waals surface area contributed by atoms with Crippen LogP contribution in [0.25, 0.3) is 0 Å². The molecule has 12 heavy (non-hydrogen) atoms. The highest BCUT2D eigenvalue weighted by molar-refractivity contribution is 6.30. The Morgan fingerprint density at radius 1 is 1.58 bits per heavy atom. The number of benzene rings is 1. The summed E-state index contributed by atoms with van der Waals surface area (Å²) in [5, 5.41) is 6.77. The van der Waals surface area contributed by atoms with Crippen LogP contribution in [0.5, 0.6) is 5.75 Å². The van der Waals surface area contributed by atoms with E-state index >= 15 is 0 Å². The summed E-state index contributed by atoms with van der Waals surface area (Å²) >= 11 is 5.80. The molecule has 0 fully saturated rings. The number of hydrogen-bond acceptors (Lipinski definition) is 3. The van der Waals surface area contributed by atoms with E-state index in [1.807, 2.05) is 19.2 Å². The van der Waals surface area contributed by atoms with Gasteiger partial charge in [0.1, 0.15) is 5.75 Å². The summed E-state index contributed by atoms with van der Waals surface area (Å²) in [4.78, 5) is 0. The molecule has 0 saturated carbocycles. The molecule has 0 radical (unpaired) electrons. The predicted octanol–water partition coefficient (Wildman–Crippen LogP) is 1.65. The zero-order valence-corrected chi connectivity index (χ0v) is 7.35. The van der Waals surface area contributed by atoms with Crippen molar-refractivity contribution in [3.63, 3.8) is 0 Å². The smallest absolute Gasteiger partial charge is 0.227 e. The van der Waals surface area contributed by atoms with Gasteiger partial charge >= 0.3 is 0 Å². The second-order valence-electron chi connectivity index (χ2n) is 2.57. The molecule has 64 valence electrons. The molecule has 1 unspecified atom stereocenters. The van der Waals surface area contributed by atoms with Crippen molar-refractivity contribution in [2.24, 2.45) is 0 Å². The fraction of sp³-hybridized carbons (Fsp3) is 0.250. The third-order valence-corrected chi connectivity index (χ3v) is 1.97. The van der Waals surface area contributed by atoms with E-state index in [2.05, 4.69) is 10.6 Å². The van der Waals surface area contributed by atoms with Crippen LogP contribution in [0.2, 0.25) is 5.02 Å². The molecule has 0 amide bonds. The van der Waals surface area contributed by atoms with Crippen molar-refractivity contribution in [1.82, 2.24) is 5.32 Å². The van der Waals surface area contributed by atoms with E-state index in [4.69, 9.17) is 16.3 Å². The summed E-state index contributed by atoms with van der Waals surface area (Å²) in [7, 11) is 1.82. The molecule has 4 heteroatoms. The van der Waals surface area contributed by atoms with Crippen LogP contribution < -0.4 is 15.4 Å². The highest BCUT2D eigenvalue weighted by Gasteiger charge is 2.19. The van der Waals surface area contributed by atoms with Gasteiger partial charge in [-0.05, 0) is 25.2 Å². The molecule has 1 aromatic carbocycles. The number of hydrogen-bond donors (Lipinski definition) is 2. The first-order valence-corrected chi connectivity index (χ1v) is 4.07. The first-order valence-electron chi connectivity index (χ1n) is 3.69. The molecule has 2 rings (SSSR count). The molecule has 0 aromatic heterocycles. The fourth-order valence-electron chi connectivity index (χ4n) is 1.15. The number of anilines is 1. The molecule has 1 aromatic rings. The lowest BCUT2D eigenvalue weighted by atomic mass is 10.3. The maximum atomic E-state index is 5.80. The van der Waals surface area contributed by atoms with Crippen molar-refractivity contribution in [2.75, 3.05) is 12.4 Å². The van der Waals surface area contributed by atoms with Gasteiger partial charge in [-0.3, -0.25) is 5.32 Å². The van der Waals surface area contributed by atoms with E-state index < -0.39 is 0 Å². The summed E-state index contributed by atoms with van der Waals surface area (Å²) in [5.74, 6) is 0.832. The second-order valence-corrected chi connectivity index (χ2v) is 3.01. The van der Waals surface area contributed by atoms with E-state index in [0.717, 1.165) is 11.4 Å². The normalized spacial score (nSPS) is 19.7. The van der Waals surface area contributed by atoms with Gasteiger partial charge in [0.2, 0.25) is 6.35 Å². The summed E-state index contributed by atoms with van der Waals surface area (Å²) in [6.07, 6.45) is -0.140. The Balaban J connectivity index is 2.30. The summed E-state index contributed by atoms with van der Waals surface area (Å²) in [6.45, 7) is 0. The molecule has 1 aliphatic heterocycles. The van der Waals surface area contributed by atoms with Crippen molar-refractivity contribution in [3.8, 4) is 5.75 Å². The minimum absolute atomic E-state index is 0.140. The maximum absolute atomic E-state index is 5.80. The van der Waals surface area contributed by atoms with Gasteiger partial charge in [-0.15, -0.1) is 0 Å². The average Bonchev–Trinajstić information content (AvgIpc) is 2.46. The third-order valence-electron chi connectivity index (χ3n) is 1.74. The van der Waals surface area contributed by atoms with E-state index in [1.54, 1.807) is 6.07 Å². The highest BCUT2D eigenvalue weighted by Crippen LogP contribution is 2.32. The Morgan fingerprint density at radius 3 is 3.17 bits per heavy atom. The molecule has 0 saturated heterocycles. The Kier molecular flexibility index (Phi) is 1.83. The molecule has 2 N–H and O–H groups in total. The Morgan fingerprint density at radius 2 is 2.42 bits per heavy atom. The molecule has 3 nitrogen and oxygen atoms in total. The molecule has 0 bridgehead atoms. The first kappa shape index (κ1) is 7.71. The van der Waals surface area contributed by atoms with Crippen LogP contribution in [-0.4, -0.2) is 13.4 Å². The lowest BCUT2D eigenvalue weighted by Gasteiger charge is -2.07. The van der Waals surface area contributed by atoms with Gasteiger partial charge in [-0.25, -0.2) is 0 Å². The standard InChI is InChI=1S/C8H9ClN2O/c1-10-8-11-6-4-5(9)2-3-7(6)12-8/h2-4,8,10-11H,1H3. The van der Waals surface area contributed by atoms with Crippen LogP contribution in [0.3, 0.4) is 0 Å². The summed E-state index contributed by atoms with van der Waals surface area (Å²) in [5.41, 5.74) is 0.932. The highest BCUT2D eigenvalue weighted by atomic mass is 35.5. The lowest BCUT2D eigenvalue weighted by Crippen LogP contribution is -2.34. The average molecular weight is 185 g/mol. The van der Waals surface area contributed by atoms with Crippen LogP contribution in [-0.2, 0) is 0 Å². The van der Waals surface area contributed by atoms with Gasteiger partial charge in [0.05, 0.1) is 5.69 Å². The van der Waals surface area contributed by atoms with Crippen molar-refractivity contribution < 1.29 is 4.74 Å².